The number of carbonyl (C=O) groups is 1. The van der Waals surface area contributed by atoms with Crippen molar-refractivity contribution in [2.75, 3.05) is 24.2 Å². The number of pyridine rings is 1. The number of unbranched alkanes of at least 4 members (excludes halogenated alkanes) is 2. The van der Waals surface area contributed by atoms with Crippen LogP contribution in [0.2, 0.25) is 0 Å². The maximum Gasteiger partial charge on any atom is 0.303 e. The molecule has 0 unspecified atom stereocenters. The molecule has 0 saturated heterocycles. The highest BCUT2D eigenvalue weighted by molar-refractivity contribution is 7.85. The summed E-state index contributed by atoms with van der Waals surface area (Å²) < 4.78 is 34.1. The fraction of sp³-hybridized carbons (Fsp3) is 0.429. The lowest BCUT2D eigenvalue weighted by Gasteiger charge is -2.19. The van der Waals surface area contributed by atoms with Crippen molar-refractivity contribution < 1.29 is 27.4 Å². The summed E-state index contributed by atoms with van der Waals surface area (Å²) >= 11 is 0. The van der Waals surface area contributed by atoms with Crippen molar-refractivity contribution in [2.24, 2.45) is 10.2 Å². The second-order valence-electron chi connectivity index (χ2n) is 7.25. The maximum atomic E-state index is 10.7. The normalized spacial score (nSPS) is 11.7. The molecular formula is C21H28N4O5S. The van der Waals surface area contributed by atoms with Gasteiger partial charge in [-0.1, -0.05) is 0 Å². The number of aliphatic carboxylic acids is 1. The molecule has 0 spiro atoms. The van der Waals surface area contributed by atoms with Crippen molar-refractivity contribution in [3.63, 3.8) is 0 Å². The third-order valence-corrected chi connectivity index (χ3v) is 5.43. The van der Waals surface area contributed by atoms with Crippen molar-refractivity contribution in [2.45, 2.75) is 38.6 Å². The van der Waals surface area contributed by atoms with Gasteiger partial charge >= 0.3 is 5.97 Å². The molecule has 1 aromatic carbocycles. The Kier molecular flexibility index (Phi) is 9.54. The zero-order chi connectivity index (χ0) is 22.7. The maximum absolute atomic E-state index is 10.7. The van der Waals surface area contributed by atoms with Crippen LogP contribution in [0, 0.1) is 0 Å². The van der Waals surface area contributed by atoms with Gasteiger partial charge in [-0.25, -0.2) is 13.0 Å². The first-order valence-electron chi connectivity index (χ1n) is 10.1. The zero-order valence-corrected chi connectivity index (χ0v) is 18.4. The Morgan fingerprint density at radius 1 is 1.00 bits per heavy atom. The van der Waals surface area contributed by atoms with Gasteiger partial charge in [0, 0.05) is 50.0 Å². The highest BCUT2D eigenvalue weighted by atomic mass is 32.2. The van der Waals surface area contributed by atoms with Gasteiger partial charge in [0.05, 0.1) is 21.5 Å². The summed E-state index contributed by atoms with van der Waals surface area (Å²) in [5.41, 5.74) is 2.31. The van der Waals surface area contributed by atoms with Gasteiger partial charge in [0.2, 0.25) is 0 Å². The van der Waals surface area contributed by atoms with Gasteiger partial charge in [-0.2, -0.15) is 10.2 Å². The quantitative estimate of drug-likeness (QED) is 0.217. The molecule has 0 radical (unpaired) electrons. The van der Waals surface area contributed by atoms with Crippen LogP contribution >= 0.6 is 0 Å². The molecule has 9 nitrogen and oxygen atoms in total. The molecule has 0 aliphatic carbocycles. The first kappa shape index (κ1) is 24.4. The molecule has 0 aliphatic heterocycles. The molecule has 0 fully saturated rings. The van der Waals surface area contributed by atoms with Gasteiger partial charge < -0.3 is 14.6 Å². The van der Waals surface area contributed by atoms with Crippen molar-refractivity contribution in [1.29, 1.82) is 0 Å². The molecule has 1 aromatic heterocycles. The highest BCUT2D eigenvalue weighted by Crippen LogP contribution is 2.21. The largest absolute Gasteiger partial charge is 0.748 e. The number of anilines is 1. The van der Waals surface area contributed by atoms with E-state index < -0.39 is 16.1 Å². The van der Waals surface area contributed by atoms with Gasteiger partial charge in [0.25, 0.3) is 0 Å². The summed E-state index contributed by atoms with van der Waals surface area (Å²) in [6.07, 6.45) is 6.83. The Balaban J connectivity index is 1.80. The van der Waals surface area contributed by atoms with E-state index >= 15 is 0 Å². The lowest BCUT2D eigenvalue weighted by Crippen LogP contribution is -2.32. The Morgan fingerprint density at radius 3 is 2.19 bits per heavy atom. The molecule has 0 aliphatic rings. The average molecular weight is 449 g/mol. The van der Waals surface area contributed by atoms with Gasteiger partial charge in [0.15, 0.2) is 12.4 Å². The molecule has 0 bridgehead atoms. The van der Waals surface area contributed by atoms with Crippen molar-refractivity contribution in [3.05, 3.63) is 48.8 Å². The van der Waals surface area contributed by atoms with Crippen LogP contribution in [0.5, 0.6) is 0 Å². The van der Waals surface area contributed by atoms with Crippen molar-refractivity contribution >= 4 is 33.1 Å². The number of rotatable bonds is 13. The molecule has 0 atom stereocenters. The van der Waals surface area contributed by atoms with Crippen molar-refractivity contribution in [3.8, 4) is 0 Å². The number of carboxylic acids is 1. The summed E-state index contributed by atoms with van der Waals surface area (Å²) in [5, 5.41) is 17.1. The van der Waals surface area contributed by atoms with E-state index in [1.807, 2.05) is 65.3 Å². The summed E-state index contributed by atoms with van der Waals surface area (Å²) in [6, 6.07) is 11.1. The van der Waals surface area contributed by atoms with Crippen LogP contribution in [0.15, 0.2) is 59.0 Å². The molecular weight excluding hydrogens is 420 g/mol. The average Bonchev–Trinajstić information content (AvgIpc) is 2.72. The molecule has 0 amide bonds. The van der Waals surface area contributed by atoms with E-state index in [0.717, 1.165) is 30.8 Å². The predicted octanol–water partition coefficient (Wildman–Crippen LogP) is 3.41. The summed E-state index contributed by atoms with van der Waals surface area (Å²) in [5.74, 6) is -1.12. The van der Waals surface area contributed by atoms with E-state index in [9.17, 15) is 17.8 Å². The Hall–Kier alpha value is -2.85. The summed E-state index contributed by atoms with van der Waals surface area (Å²) in [4.78, 5) is 12.4. The molecule has 168 valence electrons. The van der Waals surface area contributed by atoms with Crippen LogP contribution in [-0.2, 0) is 21.5 Å². The second kappa shape index (κ2) is 12.1. The lowest BCUT2D eigenvalue weighted by atomic mass is 10.2. The monoisotopic (exact) mass is 448 g/mol. The van der Waals surface area contributed by atoms with E-state index in [1.165, 1.54) is 0 Å². The number of hydrogen-bond donors (Lipinski definition) is 1. The Bertz CT molecular complexity index is 960. The fourth-order valence-corrected chi connectivity index (χ4v) is 3.39. The minimum absolute atomic E-state index is 0.215. The van der Waals surface area contributed by atoms with E-state index in [4.69, 9.17) is 5.11 Å². The molecule has 2 rings (SSSR count). The van der Waals surface area contributed by atoms with E-state index in [-0.39, 0.29) is 18.6 Å². The Morgan fingerprint density at radius 2 is 1.61 bits per heavy atom. The molecule has 0 saturated carbocycles. The lowest BCUT2D eigenvalue weighted by molar-refractivity contribution is -0.697. The van der Waals surface area contributed by atoms with Gasteiger partial charge in [0.1, 0.15) is 6.54 Å². The molecule has 1 N–H and O–H groups in total. The van der Waals surface area contributed by atoms with Crippen LogP contribution in [0.1, 0.15) is 32.1 Å². The zero-order valence-electron chi connectivity index (χ0n) is 17.6. The third kappa shape index (κ3) is 10.1. The van der Waals surface area contributed by atoms with Crippen LogP contribution in [-0.4, -0.2) is 43.4 Å². The number of carboxylic acid groups (broad SMARTS) is 1. The van der Waals surface area contributed by atoms with Gasteiger partial charge in [-0.05, 0) is 43.5 Å². The van der Waals surface area contributed by atoms with E-state index in [2.05, 4.69) is 10.2 Å². The van der Waals surface area contributed by atoms with Gasteiger partial charge in [-0.15, -0.1) is 0 Å². The summed E-state index contributed by atoms with van der Waals surface area (Å²) in [7, 11) is -2.35. The number of benzene rings is 1. The number of azo groups is 1. The molecule has 10 heteroatoms. The molecule has 1 heterocycles. The number of aromatic nitrogens is 1. The number of aryl methyl sites for hydroxylation is 1. The highest BCUT2D eigenvalue weighted by Gasteiger charge is 2.04. The minimum Gasteiger partial charge on any atom is -0.748 e. The molecule has 31 heavy (non-hydrogen) atoms. The SMILES string of the molecule is CN(CCCS(=O)(=O)[O-])c1ccc(N=Nc2cc[n+](CCCCCC(=O)O)cc2)cc1. The van der Waals surface area contributed by atoms with Crippen LogP contribution < -0.4 is 9.47 Å². The third-order valence-electron chi connectivity index (χ3n) is 4.64. The standard InChI is InChI=1S/C21H28N4O5S/c1-24(13-5-17-31(28,29)30)20-9-7-18(8-10-20)22-23-19-11-15-25(16-12-19)14-4-2-3-6-21(26)27/h7-12,15-16H,2-6,13-14,17H2,1H3,(H-,26,27,28,29,30). The smallest absolute Gasteiger partial charge is 0.303 e. The molecule has 2 aromatic rings. The first-order valence-corrected chi connectivity index (χ1v) is 11.7. The minimum atomic E-state index is -4.18. The van der Waals surface area contributed by atoms with Crippen LogP contribution in [0.25, 0.3) is 0 Å². The van der Waals surface area contributed by atoms with E-state index in [1.54, 1.807) is 0 Å². The number of nitrogens with zero attached hydrogens (tertiary/aromatic N) is 4. The number of hydrogen-bond acceptors (Lipinski definition) is 7. The van der Waals surface area contributed by atoms with Crippen LogP contribution in [0.3, 0.4) is 0 Å². The van der Waals surface area contributed by atoms with Crippen molar-refractivity contribution in [1.82, 2.24) is 0 Å². The predicted molar refractivity (Wildman–Crippen MR) is 116 cm³/mol. The Labute approximate surface area is 182 Å². The fourth-order valence-electron chi connectivity index (χ4n) is 2.91. The van der Waals surface area contributed by atoms with Crippen LogP contribution in [0.4, 0.5) is 17.1 Å². The first-order chi connectivity index (χ1) is 14.7. The van der Waals surface area contributed by atoms with Gasteiger partial charge in [-0.3, -0.25) is 4.79 Å². The van der Waals surface area contributed by atoms with E-state index in [0.29, 0.717) is 18.7 Å². The summed E-state index contributed by atoms with van der Waals surface area (Å²) in [6.45, 7) is 1.29. The second-order valence-corrected chi connectivity index (χ2v) is 8.78. The topological polar surface area (TPSA) is 126 Å².